The molecule has 9 heteroatoms. The van der Waals surface area contributed by atoms with Crippen LogP contribution in [-0.4, -0.2) is 38.4 Å². The third kappa shape index (κ3) is 3.68. The summed E-state index contributed by atoms with van der Waals surface area (Å²) >= 11 is 0. The van der Waals surface area contributed by atoms with Crippen LogP contribution in [0.25, 0.3) is 0 Å². The number of carbonyl (C=O) groups is 2. The fraction of sp³-hybridized carbons (Fsp3) is 0.176. The summed E-state index contributed by atoms with van der Waals surface area (Å²) in [6, 6.07) is 12.5. The number of hydrogen-bond donors (Lipinski definition) is 2. The van der Waals surface area contributed by atoms with Crippen LogP contribution in [0.3, 0.4) is 0 Å². The highest BCUT2D eigenvalue weighted by molar-refractivity contribution is 7.89. The van der Waals surface area contributed by atoms with E-state index >= 15 is 0 Å². The van der Waals surface area contributed by atoms with E-state index in [0.717, 1.165) is 5.01 Å². The number of anilines is 1. The Labute approximate surface area is 150 Å². The van der Waals surface area contributed by atoms with Crippen LogP contribution in [0, 0.1) is 0 Å². The van der Waals surface area contributed by atoms with Gasteiger partial charge < -0.3 is 10.1 Å². The van der Waals surface area contributed by atoms with Crippen molar-refractivity contribution in [3.63, 3.8) is 0 Å². The van der Waals surface area contributed by atoms with Gasteiger partial charge in [-0.3, -0.25) is 14.6 Å². The Morgan fingerprint density at radius 2 is 1.85 bits per heavy atom. The molecule has 0 saturated heterocycles. The van der Waals surface area contributed by atoms with Crippen LogP contribution in [0.4, 0.5) is 5.69 Å². The molecule has 1 heterocycles. The molecule has 0 aliphatic carbocycles. The van der Waals surface area contributed by atoms with Gasteiger partial charge in [0.05, 0.1) is 17.1 Å². The molecule has 1 aliphatic rings. The van der Waals surface area contributed by atoms with E-state index in [0.29, 0.717) is 18.0 Å². The van der Waals surface area contributed by atoms with Gasteiger partial charge >= 0.3 is 0 Å². The van der Waals surface area contributed by atoms with E-state index in [9.17, 15) is 18.0 Å². The van der Waals surface area contributed by atoms with Crippen LogP contribution in [0.1, 0.15) is 17.3 Å². The highest BCUT2D eigenvalue weighted by atomic mass is 32.2. The van der Waals surface area contributed by atoms with Gasteiger partial charge in [-0.25, -0.2) is 8.42 Å². The van der Waals surface area contributed by atoms with E-state index in [-0.39, 0.29) is 10.5 Å². The topological polar surface area (TPSA) is 105 Å². The van der Waals surface area contributed by atoms with Crippen LogP contribution in [0.5, 0.6) is 5.75 Å². The van der Waals surface area contributed by atoms with Crippen molar-refractivity contribution in [2.75, 3.05) is 18.5 Å². The lowest BCUT2D eigenvalue weighted by molar-refractivity contribution is -0.117. The number of nitrogens with zero attached hydrogens (tertiary/aromatic N) is 1. The molecule has 2 amide bonds. The summed E-state index contributed by atoms with van der Waals surface area (Å²) in [7, 11) is -3.90. The van der Waals surface area contributed by atoms with E-state index in [4.69, 9.17) is 4.74 Å². The monoisotopic (exact) mass is 375 g/mol. The van der Waals surface area contributed by atoms with Gasteiger partial charge in [-0.1, -0.05) is 12.1 Å². The number of nitrogens with one attached hydrogen (secondary N) is 2. The number of amides is 2. The van der Waals surface area contributed by atoms with Gasteiger partial charge in [0.2, 0.25) is 5.91 Å². The maximum absolute atomic E-state index is 12.4. The Morgan fingerprint density at radius 1 is 1.15 bits per heavy atom. The minimum absolute atomic E-state index is 0.0279. The molecule has 136 valence electrons. The molecule has 2 aromatic carbocycles. The molecule has 0 unspecified atom stereocenters. The Hall–Kier alpha value is -2.91. The molecule has 0 radical (unpaired) electrons. The average Bonchev–Trinajstić information content (AvgIpc) is 2.61. The molecule has 0 fully saturated rings. The first-order valence-electron chi connectivity index (χ1n) is 7.87. The Balaban J connectivity index is 1.71. The lowest BCUT2D eigenvalue weighted by Gasteiger charge is -2.28. The molecule has 2 aromatic rings. The van der Waals surface area contributed by atoms with Gasteiger partial charge in [0, 0.05) is 5.69 Å². The van der Waals surface area contributed by atoms with Gasteiger partial charge in [0.15, 0.2) is 0 Å². The molecule has 0 aromatic heterocycles. The highest BCUT2D eigenvalue weighted by Crippen LogP contribution is 2.22. The van der Waals surface area contributed by atoms with Crippen molar-refractivity contribution >= 4 is 27.5 Å². The molecule has 8 nitrogen and oxygen atoms in total. The molecule has 0 bridgehead atoms. The number of ether oxygens (including phenoxy) is 1. The largest absolute Gasteiger partial charge is 0.494 e. The third-order valence-electron chi connectivity index (χ3n) is 3.63. The molecule has 3 rings (SSSR count). The van der Waals surface area contributed by atoms with Crippen LogP contribution >= 0.6 is 0 Å². The number of rotatable bonds is 5. The second-order valence-corrected chi connectivity index (χ2v) is 7.12. The zero-order valence-electron chi connectivity index (χ0n) is 13.9. The number of carbonyl (C=O) groups excluding carboxylic acids is 2. The van der Waals surface area contributed by atoms with Crippen molar-refractivity contribution in [1.29, 1.82) is 0 Å². The summed E-state index contributed by atoms with van der Waals surface area (Å²) in [5.41, 5.74) is 0.534. The highest BCUT2D eigenvalue weighted by Gasteiger charge is 2.34. The van der Waals surface area contributed by atoms with Crippen molar-refractivity contribution in [2.45, 2.75) is 11.8 Å². The third-order valence-corrected chi connectivity index (χ3v) is 5.03. The zero-order chi connectivity index (χ0) is 18.7. The summed E-state index contributed by atoms with van der Waals surface area (Å²) in [5, 5.41) is 3.39. The first-order valence-corrected chi connectivity index (χ1v) is 9.35. The molecule has 2 N–H and O–H groups in total. The fourth-order valence-corrected chi connectivity index (χ4v) is 3.75. The van der Waals surface area contributed by atoms with Crippen LogP contribution in [-0.2, 0) is 14.8 Å². The van der Waals surface area contributed by atoms with Crippen molar-refractivity contribution in [2.24, 2.45) is 0 Å². The minimum Gasteiger partial charge on any atom is -0.494 e. The van der Waals surface area contributed by atoms with Crippen molar-refractivity contribution in [3.05, 3.63) is 54.1 Å². The Kier molecular flexibility index (Phi) is 4.92. The van der Waals surface area contributed by atoms with E-state index < -0.39 is 28.4 Å². The van der Waals surface area contributed by atoms with E-state index in [1.54, 1.807) is 30.3 Å². The lowest BCUT2D eigenvalue weighted by atomic mass is 10.2. The summed E-state index contributed by atoms with van der Waals surface area (Å²) < 4.78 is 29.7. The Bertz CT molecular complexity index is 941. The molecule has 1 aliphatic heterocycles. The molecule has 0 spiro atoms. The molecule has 0 saturated carbocycles. The summed E-state index contributed by atoms with van der Waals surface area (Å²) in [6.07, 6.45) is 0. The number of fused-ring (bicyclic) bond motifs is 1. The first-order chi connectivity index (χ1) is 12.4. The zero-order valence-corrected chi connectivity index (χ0v) is 14.7. The van der Waals surface area contributed by atoms with E-state index in [1.807, 2.05) is 6.92 Å². The van der Waals surface area contributed by atoms with Crippen molar-refractivity contribution in [1.82, 2.24) is 9.84 Å². The standard InChI is InChI=1S/C17H17N3O5S/c1-2-25-13-9-7-12(8-10-13)18-16(21)11-20-17(22)14-5-3-4-6-15(14)26(23,24)19-20/h3-10,19H,2,11H2,1H3,(H,18,21). The van der Waals surface area contributed by atoms with Gasteiger partial charge in [-0.05, 0) is 43.3 Å². The predicted octanol–water partition coefficient (Wildman–Crippen LogP) is 1.37. The average molecular weight is 375 g/mol. The van der Waals surface area contributed by atoms with Crippen LogP contribution in [0.2, 0.25) is 0 Å². The summed E-state index contributed by atoms with van der Waals surface area (Å²) in [4.78, 5) is 26.6. The molecular formula is C17H17N3O5S. The maximum Gasteiger partial charge on any atom is 0.270 e. The van der Waals surface area contributed by atoms with Gasteiger partial charge in [0.25, 0.3) is 15.9 Å². The quantitative estimate of drug-likeness (QED) is 0.821. The number of hydrazine groups is 1. The molecule has 0 atom stereocenters. The second kappa shape index (κ2) is 7.14. The van der Waals surface area contributed by atoms with Crippen molar-refractivity contribution in [3.8, 4) is 5.75 Å². The summed E-state index contributed by atoms with van der Waals surface area (Å²) in [5.74, 6) is -0.456. The smallest absolute Gasteiger partial charge is 0.270 e. The molecule has 26 heavy (non-hydrogen) atoms. The molecular weight excluding hydrogens is 358 g/mol. The van der Waals surface area contributed by atoms with Crippen LogP contribution < -0.4 is 14.9 Å². The SMILES string of the molecule is CCOc1ccc(NC(=O)CN2NS(=O)(=O)c3ccccc3C2=O)cc1. The Morgan fingerprint density at radius 3 is 2.54 bits per heavy atom. The first kappa shape index (κ1) is 17.9. The van der Waals surface area contributed by atoms with E-state index in [2.05, 4.69) is 10.1 Å². The lowest BCUT2D eigenvalue weighted by Crippen LogP contribution is -2.53. The van der Waals surface area contributed by atoms with Crippen molar-refractivity contribution < 1.29 is 22.7 Å². The fourth-order valence-electron chi connectivity index (χ4n) is 2.51. The van der Waals surface area contributed by atoms with Gasteiger partial charge in [-0.2, -0.15) is 0 Å². The van der Waals surface area contributed by atoms with Gasteiger partial charge in [-0.15, -0.1) is 4.83 Å². The van der Waals surface area contributed by atoms with Crippen LogP contribution in [0.15, 0.2) is 53.4 Å². The van der Waals surface area contributed by atoms with Gasteiger partial charge in [0.1, 0.15) is 12.3 Å². The predicted molar refractivity (Wildman–Crippen MR) is 94.0 cm³/mol. The van der Waals surface area contributed by atoms with E-state index in [1.165, 1.54) is 18.2 Å². The minimum atomic E-state index is -3.90. The number of benzene rings is 2. The second-order valence-electron chi connectivity index (χ2n) is 5.49. The number of sulfonamides is 1. The number of hydrogen-bond acceptors (Lipinski definition) is 5. The maximum atomic E-state index is 12.4. The normalized spacial score (nSPS) is 15.3. The summed E-state index contributed by atoms with van der Waals surface area (Å²) in [6.45, 7) is 1.94.